The molecule has 1 aliphatic heterocycles. The minimum absolute atomic E-state index is 0.0328. The number of aryl methyl sites for hydroxylation is 2. The van der Waals surface area contributed by atoms with Gasteiger partial charge < -0.3 is 15.0 Å². The molecule has 1 aromatic heterocycles. The zero-order valence-electron chi connectivity index (χ0n) is 14.6. The van der Waals surface area contributed by atoms with Crippen molar-refractivity contribution in [1.82, 2.24) is 10.3 Å². The highest BCUT2D eigenvalue weighted by Gasteiger charge is 2.27. The van der Waals surface area contributed by atoms with Crippen LogP contribution in [0, 0.1) is 19.8 Å². The van der Waals surface area contributed by atoms with E-state index in [2.05, 4.69) is 36.2 Å². The molecule has 1 aliphatic rings. The third-order valence-corrected chi connectivity index (χ3v) is 5.55. The van der Waals surface area contributed by atoms with Crippen molar-refractivity contribution in [1.29, 1.82) is 0 Å². The molecule has 24 heavy (non-hydrogen) atoms. The Bertz CT molecular complexity index is 728. The number of nitrogens with one attached hydrogen (secondary N) is 1. The molecule has 0 spiro atoms. The molecule has 1 atom stereocenters. The van der Waals surface area contributed by atoms with Crippen LogP contribution in [-0.4, -0.2) is 44.2 Å². The van der Waals surface area contributed by atoms with Crippen LogP contribution in [0.5, 0.6) is 0 Å². The Hall–Kier alpha value is -1.66. The molecule has 0 bridgehead atoms. The third kappa shape index (κ3) is 3.70. The van der Waals surface area contributed by atoms with Crippen LogP contribution in [0.4, 0.5) is 5.13 Å². The molecule has 0 radical (unpaired) electrons. The van der Waals surface area contributed by atoms with Gasteiger partial charge in [0.15, 0.2) is 5.13 Å². The number of methoxy groups -OCH3 is 1. The summed E-state index contributed by atoms with van der Waals surface area (Å²) in [7, 11) is 1.64. The Morgan fingerprint density at radius 3 is 3.08 bits per heavy atom. The van der Waals surface area contributed by atoms with E-state index < -0.39 is 0 Å². The zero-order valence-corrected chi connectivity index (χ0v) is 15.4. The number of anilines is 1. The fraction of sp³-hybridized carbons (Fsp3) is 0.556. The lowest BCUT2D eigenvalue weighted by Gasteiger charge is -2.31. The lowest BCUT2D eigenvalue weighted by atomic mass is 9.97. The average molecular weight is 347 g/mol. The van der Waals surface area contributed by atoms with Gasteiger partial charge in [-0.25, -0.2) is 4.98 Å². The van der Waals surface area contributed by atoms with Gasteiger partial charge in [-0.15, -0.1) is 0 Å². The van der Waals surface area contributed by atoms with Crippen LogP contribution < -0.4 is 10.2 Å². The van der Waals surface area contributed by atoms with E-state index in [1.807, 2.05) is 0 Å². The van der Waals surface area contributed by atoms with E-state index >= 15 is 0 Å². The first-order valence-corrected chi connectivity index (χ1v) is 9.29. The SMILES string of the molecule is COCCNC(=O)C1CCCN(c2nc3c(C)cc(C)cc3s2)C1. The molecule has 1 aromatic carbocycles. The number of hydrogen-bond donors (Lipinski definition) is 1. The van der Waals surface area contributed by atoms with Gasteiger partial charge in [0.05, 0.1) is 22.7 Å². The lowest BCUT2D eigenvalue weighted by molar-refractivity contribution is -0.125. The smallest absolute Gasteiger partial charge is 0.224 e. The molecule has 1 unspecified atom stereocenters. The monoisotopic (exact) mass is 347 g/mol. The Kier molecular flexibility index (Phi) is 5.36. The van der Waals surface area contributed by atoms with Gasteiger partial charge in [0.2, 0.25) is 5.91 Å². The number of rotatable bonds is 5. The summed E-state index contributed by atoms with van der Waals surface area (Å²) in [6.07, 6.45) is 1.97. The van der Waals surface area contributed by atoms with E-state index in [9.17, 15) is 4.79 Å². The summed E-state index contributed by atoms with van der Waals surface area (Å²) in [5.74, 6) is 0.162. The summed E-state index contributed by atoms with van der Waals surface area (Å²) in [5.41, 5.74) is 3.58. The van der Waals surface area contributed by atoms with Crippen LogP contribution in [-0.2, 0) is 9.53 Å². The Morgan fingerprint density at radius 1 is 1.46 bits per heavy atom. The van der Waals surface area contributed by atoms with Gasteiger partial charge in [-0.1, -0.05) is 17.4 Å². The maximum Gasteiger partial charge on any atom is 0.224 e. The number of ether oxygens (including phenoxy) is 1. The van der Waals surface area contributed by atoms with Gasteiger partial charge in [-0.2, -0.15) is 0 Å². The molecule has 5 nitrogen and oxygen atoms in total. The summed E-state index contributed by atoms with van der Waals surface area (Å²) in [5, 5.41) is 4.00. The second-order valence-corrected chi connectivity index (χ2v) is 7.50. The van der Waals surface area contributed by atoms with E-state index in [-0.39, 0.29) is 11.8 Å². The molecule has 1 N–H and O–H groups in total. The molecule has 0 aliphatic carbocycles. The Labute approximate surface area is 147 Å². The van der Waals surface area contributed by atoms with Crippen molar-refractivity contribution in [2.45, 2.75) is 26.7 Å². The second kappa shape index (κ2) is 7.49. The van der Waals surface area contributed by atoms with Crippen molar-refractivity contribution in [3.8, 4) is 0 Å². The summed E-state index contributed by atoms with van der Waals surface area (Å²) >= 11 is 1.73. The molecule has 6 heteroatoms. The lowest BCUT2D eigenvalue weighted by Crippen LogP contribution is -2.43. The first kappa shape index (κ1) is 17.2. The van der Waals surface area contributed by atoms with E-state index in [1.165, 1.54) is 15.8 Å². The number of amides is 1. The molecule has 1 amide bonds. The van der Waals surface area contributed by atoms with Gasteiger partial charge >= 0.3 is 0 Å². The topological polar surface area (TPSA) is 54.5 Å². The number of carbonyl (C=O) groups is 1. The molecule has 3 rings (SSSR count). The summed E-state index contributed by atoms with van der Waals surface area (Å²) < 4.78 is 6.22. The van der Waals surface area contributed by atoms with Crippen LogP contribution in [0.15, 0.2) is 12.1 Å². The van der Waals surface area contributed by atoms with E-state index in [0.29, 0.717) is 13.2 Å². The molecule has 0 saturated carbocycles. The molecule has 2 aromatic rings. The van der Waals surface area contributed by atoms with Crippen molar-refractivity contribution < 1.29 is 9.53 Å². The largest absolute Gasteiger partial charge is 0.383 e. The van der Waals surface area contributed by atoms with Crippen LogP contribution in [0.3, 0.4) is 0 Å². The van der Waals surface area contributed by atoms with Gasteiger partial charge in [0.1, 0.15) is 0 Å². The summed E-state index contributed by atoms with van der Waals surface area (Å²) in [4.78, 5) is 19.4. The molecular weight excluding hydrogens is 322 g/mol. The minimum Gasteiger partial charge on any atom is -0.383 e. The van der Waals surface area contributed by atoms with Crippen molar-refractivity contribution in [2.75, 3.05) is 38.3 Å². The third-order valence-electron chi connectivity index (χ3n) is 4.49. The summed E-state index contributed by atoms with van der Waals surface area (Å²) in [6.45, 7) is 7.08. The van der Waals surface area contributed by atoms with E-state index in [4.69, 9.17) is 9.72 Å². The van der Waals surface area contributed by atoms with Crippen molar-refractivity contribution >= 4 is 32.6 Å². The average Bonchev–Trinajstić information content (AvgIpc) is 2.99. The van der Waals surface area contributed by atoms with Crippen LogP contribution >= 0.6 is 11.3 Å². The normalized spacial score (nSPS) is 18.1. The van der Waals surface area contributed by atoms with E-state index in [0.717, 1.165) is 36.6 Å². The quantitative estimate of drug-likeness (QED) is 0.845. The van der Waals surface area contributed by atoms with Gasteiger partial charge in [-0.3, -0.25) is 4.79 Å². The number of aromatic nitrogens is 1. The Morgan fingerprint density at radius 2 is 2.29 bits per heavy atom. The molecule has 2 heterocycles. The molecule has 1 fully saturated rings. The van der Waals surface area contributed by atoms with Crippen LogP contribution in [0.1, 0.15) is 24.0 Å². The number of benzene rings is 1. The second-order valence-electron chi connectivity index (χ2n) is 6.49. The van der Waals surface area contributed by atoms with Gasteiger partial charge in [0.25, 0.3) is 0 Å². The molecule has 130 valence electrons. The standard InChI is InChI=1S/C18H25N3O2S/c1-12-9-13(2)16-15(10-12)24-18(20-16)21-7-4-5-14(11-21)17(22)19-6-8-23-3/h9-10,14H,4-8,11H2,1-3H3,(H,19,22). The maximum atomic E-state index is 12.3. The Balaban J connectivity index is 1.72. The van der Waals surface area contributed by atoms with Crippen LogP contribution in [0.2, 0.25) is 0 Å². The highest BCUT2D eigenvalue weighted by molar-refractivity contribution is 7.22. The van der Waals surface area contributed by atoms with E-state index in [1.54, 1.807) is 18.4 Å². The van der Waals surface area contributed by atoms with Crippen molar-refractivity contribution in [2.24, 2.45) is 5.92 Å². The predicted molar refractivity (Wildman–Crippen MR) is 98.9 cm³/mol. The fourth-order valence-electron chi connectivity index (χ4n) is 3.28. The number of thiazole rings is 1. The van der Waals surface area contributed by atoms with Crippen molar-refractivity contribution in [3.05, 3.63) is 23.3 Å². The van der Waals surface area contributed by atoms with Gasteiger partial charge in [-0.05, 0) is 43.9 Å². The number of piperidine rings is 1. The number of fused-ring (bicyclic) bond motifs is 1. The highest BCUT2D eigenvalue weighted by Crippen LogP contribution is 2.33. The first-order chi connectivity index (χ1) is 11.6. The predicted octanol–water partition coefficient (Wildman–Crippen LogP) is 2.89. The zero-order chi connectivity index (χ0) is 17.1. The number of carbonyl (C=O) groups excluding carboxylic acids is 1. The fourth-order valence-corrected chi connectivity index (χ4v) is 4.46. The molecular formula is C18H25N3O2S. The minimum atomic E-state index is 0.0328. The highest BCUT2D eigenvalue weighted by atomic mass is 32.1. The maximum absolute atomic E-state index is 12.3. The number of nitrogens with zero attached hydrogens (tertiary/aromatic N) is 2. The van der Waals surface area contributed by atoms with Crippen LogP contribution in [0.25, 0.3) is 10.2 Å². The van der Waals surface area contributed by atoms with Gasteiger partial charge in [0, 0.05) is 26.7 Å². The number of hydrogen-bond acceptors (Lipinski definition) is 5. The van der Waals surface area contributed by atoms with Crippen molar-refractivity contribution in [3.63, 3.8) is 0 Å². The summed E-state index contributed by atoms with van der Waals surface area (Å²) in [6, 6.07) is 4.37. The first-order valence-electron chi connectivity index (χ1n) is 8.48. The molecule has 1 saturated heterocycles.